The van der Waals surface area contributed by atoms with E-state index >= 15 is 4.39 Å². The van der Waals surface area contributed by atoms with Gasteiger partial charge in [0.25, 0.3) is 10.1 Å². The lowest BCUT2D eigenvalue weighted by Crippen LogP contribution is -2.71. The van der Waals surface area contributed by atoms with Gasteiger partial charge in [0.2, 0.25) is 5.78 Å². The molecule has 38 heavy (non-hydrogen) atoms. The number of allylic oxidation sites excluding steroid dienone is 1. The molecule has 4 aliphatic rings. The van der Waals surface area contributed by atoms with Crippen LogP contribution in [0.5, 0.6) is 0 Å². The summed E-state index contributed by atoms with van der Waals surface area (Å²) in [6.07, 6.45) is 2.55. The number of carbonyl (C=O) groups excluding carboxylic acids is 3. The average Bonchev–Trinajstić information content (AvgIpc) is 3.02. The van der Waals surface area contributed by atoms with Crippen LogP contribution in [0.4, 0.5) is 4.39 Å². The third kappa shape index (κ3) is 4.03. The Balaban J connectivity index is 1.84. The molecule has 0 aromatic carbocycles. The van der Waals surface area contributed by atoms with Gasteiger partial charge in [0.05, 0.1) is 12.4 Å². The van der Waals surface area contributed by atoms with Gasteiger partial charge in [-0.2, -0.15) is 8.42 Å². The third-order valence-electron chi connectivity index (χ3n) is 10.5. The molecule has 10 heteroatoms. The summed E-state index contributed by atoms with van der Waals surface area (Å²) in [7, 11) is -3.96. The fourth-order valence-corrected chi connectivity index (χ4v) is 9.18. The van der Waals surface area contributed by atoms with E-state index in [2.05, 4.69) is 0 Å². The number of hydrogen-bond acceptors (Lipinski definition) is 8. The maximum absolute atomic E-state index is 17.6. The molecule has 0 saturated heterocycles. The molecule has 3 saturated carbocycles. The number of fused-ring (bicyclic) bond motifs is 5. The van der Waals surface area contributed by atoms with Crippen LogP contribution >= 0.6 is 0 Å². The molecule has 214 valence electrons. The Morgan fingerprint density at radius 2 is 1.84 bits per heavy atom. The minimum atomic E-state index is -3.96. The normalized spacial score (nSPS) is 44.5. The Labute approximate surface area is 224 Å². The summed E-state index contributed by atoms with van der Waals surface area (Å²) in [5, 5.41) is 11.7. The summed E-state index contributed by atoms with van der Waals surface area (Å²) >= 11 is 0. The molecule has 0 spiro atoms. The molecule has 0 heterocycles. The molecule has 3 fully saturated rings. The number of esters is 1. The second-order valence-electron chi connectivity index (χ2n) is 12.6. The van der Waals surface area contributed by atoms with Gasteiger partial charge in [-0.25, -0.2) is 4.39 Å². The Kier molecular flexibility index (Phi) is 7.31. The largest absolute Gasteiger partial charge is 0.450 e. The van der Waals surface area contributed by atoms with Crippen LogP contribution in [0.2, 0.25) is 0 Å². The zero-order chi connectivity index (χ0) is 28.5. The first-order valence-electron chi connectivity index (χ1n) is 13.7. The Morgan fingerprint density at radius 3 is 2.45 bits per heavy atom. The van der Waals surface area contributed by atoms with E-state index in [1.54, 1.807) is 33.8 Å². The number of carbonyl (C=O) groups is 3. The molecule has 9 atom stereocenters. The number of alkyl halides is 1. The minimum Gasteiger partial charge on any atom is -0.450 e. The topological polar surface area (TPSA) is 124 Å². The van der Waals surface area contributed by atoms with Crippen molar-refractivity contribution in [3.63, 3.8) is 0 Å². The highest BCUT2D eigenvalue weighted by Gasteiger charge is 2.77. The van der Waals surface area contributed by atoms with Crippen molar-refractivity contribution in [1.29, 1.82) is 0 Å². The van der Waals surface area contributed by atoms with Crippen LogP contribution in [0, 0.1) is 34.5 Å². The second kappa shape index (κ2) is 9.47. The molecular weight excluding hydrogens is 515 g/mol. The van der Waals surface area contributed by atoms with Crippen LogP contribution in [0.1, 0.15) is 79.6 Å². The molecule has 1 N–H and O–H groups in total. The van der Waals surface area contributed by atoms with Gasteiger partial charge in [-0.1, -0.05) is 40.2 Å². The van der Waals surface area contributed by atoms with E-state index in [0.29, 0.717) is 25.7 Å². The molecule has 0 aromatic heterocycles. The lowest BCUT2D eigenvalue weighted by molar-refractivity contribution is -0.238. The highest BCUT2D eigenvalue weighted by Crippen LogP contribution is 2.72. The monoisotopic (exact) mass is 556 g/mol. The summed E-state index contributed by atoms with van der Waals surface area (Å²) in [6.45, 7) is 8.30. The van der Waals surface area contributed by atoms with Crippen LogP contribution in [0.3, 0.4) is 0 Å². The first-order chi connectivity index (χ1) is 17.5. The lowest BCUT2D eigenvalue weighted by Gasteiger charge is -2.64. The molecule has 0 unspecified atom stereocenters. The minimum absolute atomic E-state index is 0.0330. The Hall–Kier alpha value is -1.65. The van der Waals surface area contributed by atoms with Crippen LogP contribution in [0.15, 0.2) is 11.6 Å². The highest BCUT2D eigenvalue weighted by molar-refractivity contribution is 7.86. The van der Waals surface area contributed by atoms with E-state index in [9.17, 15) is 27.9 Å². The van der Waals surface area contributed by atoms with Crippen molar-refractivity contribution in [1.82, 2.24) is 0 Å². The van der Waals surface area contributed by atoms with E-state index < -0.39 is 74.4 Å². The van der Waals surface area contributed by atoms with E-state index in [1.165, 1.54) is 0 Å². The molecule has 4 aliphatic carbocycles. The van der Waals surface area contributed by atoms with E-state index in [1.807, 2.05) is 6.92 Å². The van der Waals surface area contributed by atoms with Gasteiger partial charge in [0, 0.05) is 35.5 Å². The molecule has 0 aliphatic heterocycles. The van der Waals surface area contributed by atoms with Crippen LogP contribution in [-0.4, -0.2) is 61.3 Å². The first kappa shape index (κ1) is 29.3. The fraction of sp³-hybridized carbons (Fsp3) is 0.821. The number of halogens is 1. The van der Waals surface area contributed by atoms with Gasteiger partial charge >= 0.3 is 5.97 Å². The number of Topliss-reactive ketones (excluding diaryl/α,β-unsaturated/α-hetero) is 1. The van der Waals surface area contributed by atoms with E-state index in [4.69, 9.17) is 8.92 Å². The van der Waals surface area contributed by atoms with E-state index in [0.717, 1.165) is 11.8 Å². The number of rotatable bonds is 7. The molecular formula is C28H41FO8S. The van der Waals surface area contributed by atoms with Crippen LogP contribution < -0.4 is 0 Å². The highest BCUT2D eigenvalue weighted by atomic mass is 32.2. The Morgan fingerprint density at radius 1 is 1.18 bits per heavy atom. The van der Waals surface area contributed by atoms with Gasteiger partial charge in [-0.05, 0) is 50.0 Å². The van der Waals surface area contributed by atoms with Crippen molar-refractivity contribution in [3.8, 4) is 0 Å². The predicted molar refractivity (Wildman–Crippen MR) is 137 cm³/mol. The second-order valence-corrected chi connectivity index (χ2v) is 14.3. The van der Waals surface area contributed by atoms with Crippen molar-refractivity contribution in [3.05, 3.63) is 11.6 Å². The van der Waals surface area contributed by atoms with Gasteiger partial charge in [0.15, 0.2) is 11.4 Å². The predicted octanol–water partition coefficient (Wildman–Crippen LogP) is 3.70. The molecule has 0 amide bonds. The van der Waals surface area contributed by atoms with Gasteiger partial charge in [-0.15, -0.1) is 0 Å². The molecule has 0 bridgehead atoms. The first-order valence-corrected chi connectivity index (χ1v) is 15.5. The lowest BCUT2D eigenvalue weighted by atomic mass is 9.42. The number of aliphatic hydroxyl groups is 1. The van der Waals surface area contributed by atoms with Gasteiger partial charge < -0.3 is 9.84 Å². The smallest absolute Gasteiger partial charge is 0.306 e. The van der Waals surface area contributed by atoms with Crippen LogP contribution in [0.25, 0.3) is 0 Å². The molecule has 0 aromatic rings. The van der Waals surface area contributed by atoms with Crippen molar-refractivity contribution in [2.45, 2.75) is 96.9 Å². The van der Waals surface area contributed by atoms with Gasteiger partial charge in [-0.3, -0.25) is 18.6 Å². The maximum atomic E-state index is 17.6. The number of ether oxygens (including phenoxy) is 1. The SMILES string of the molecule is CCCC(=O)O[C@]1(C(=O)COS(C)(=O)=O)[C@H](C)C[C@H]2[C@@H]3C[C@H](C)C4=CC(=O)CC[C@]4(C)[C@@]3(F)[C@@H](O)C[C@@]21C. The Bertz CT molecular complexity index is 1170. The summed E-state index contributed by atoms with van der Waals surface area (Å²) < 4.78 is 52.0. The molecule has 0 radical (unpaired) electrons. The number of ketones is 2. The van der Waals surface area contributed by atoms with Crippen LogP contribution in [-0.2, 0) is 33.4 Å². The van der Waals surface area contributed by atoms with Crippen molar-refractivity contribution < 1.29 is 41.2 Å². The quantitative estimate of drug-likeness (QED) is 0.372. The molecule has 4 rings (SSSR count). The summed E-state index contributed by atoms with van der Waals surface area (Å²) in [4.78, 5) is 39.1. The summed E-state index contributed by atoms with van der Waals surface area (Å²) in [5.41, 5.74) is -5.28. The molecule has 8 nitrogen and oxygen atoms in total. The summed E-state index contributed by atoms with van der Waals surface area (Å²) in [5.74, 6) is -3.07. The maximum Gasteiger partial charge on any atom is 0.306 e. The number of hydrogen-bond donors (Lipinski definition) is 1. The van der Waals surface area contributed by atoms with Crippen molar-refractivity contribution in [2.24, 2.45) is 34.5 Å². The zero-order valence-electron chi connectivity index (χ0n) is 23.2. The number of aliphatic hydroxyl groups excluding tert-OH is 1. The third-order valence-corrected chi connectivity index (χ3v) is 11.0. The standard InChI is InChI=1S/C28H41FO8S/c1-7-8-24(33)37-28(23(32)15-36-38(6,34)35)17(3)12-20-21-11-16(2)19-13-18(30)9-10-25(19,4)27(21,29)22(31)14-26(20,28)5/h13,16-17,20-22,31H,7-12,14-15H2,1-6H3/t16-,17+,20-,21-,22-,25-,26-,27-,28-/m0/s1. The van der Waals surface area contributed by atoms with E-state index in [-0.39, 0.29) is 31.0 Å². The van der Waals surface area contributed by atoms with Crippen molar-refractivity contribution >= 4 is 27.7 Å². The van der Waals surface area contributed by atoms with Crippen molar-refractivity contribution in [2.75, 3.05) is 12.9 Å². The van der Waals surface area contributed by atoms with Gasteiger partial charge in [0.1, 0.15) is 12.3 Å². The fourth-order valence-electron chi connectivity index (χ4n) is 8.86. The summed E-state index contributed by atoms with van der Waals surface area (Å²) in [6, 6.07) is 0. The average molecular weight is 557 g/mol. The zero-order valence-corrected chi connectivity index (χ0v) is 24.0.